The van der Waals surface area contributed by atoms with E-state index in [1.54, 1.807) is 0 Å². The Bertz CT molecular complexity index is 546. The van der Waals surface area contributed by atoms with E-state index >= 15 is 0 Å². The molecule has 0 aromatic heterocycles. The van der Waals surface area contributed by atoms with Crippen molar-refractivity contribution in [2.45, 2.75) is 19.2 Å². The monoisotopic (exact) mass is 277 g/mol. The first-order valence-corrected chi connectivity index (χ1v) is 6.01. The molecule has 0 spiro atoms. The number of nitrogens with zero attached hydrogens (tertiary/aromatic N) is 1. The fourth-order valence-corrected chi connectivity index (χ4v) is 1.83. The van der Waals surface area contributed by atoms with Crippen LogP contribution >= 0.6 is 0 Å². The van der Waals surface area contributed by atoms with Gasteiger partial charge in [-0.2, -0.15) is 0 Å². The zero-order chi connectivity index (χ0) is 14.8. The molecule has 7 nitrogen and oxygen atoms in total. The van der Waals surface area contributed by atoms with Crippen LogP contribution in [0.2, 0.25) is 0 Å². The molecule has 1 saturated heterocycles. The lowest BCUT2D eigenvalue weighted by atomic mass is 10.2. The first-order valence-electron chi connectivity index (χ1n) is 6.01. The first-order chi connectivity index (χ1) is 9.42. The van der Waals surface area contributed by atoms with E-state index in [0.29, 0.717) is 0 Å². The van der Waals surface area contributed by atoms with E-state index in [4.69, 9.17) is 4.74 Å². The number of ether oxygens (including phenoxy) is 1. The second-order valence-electron chi connectivity index (χ2n) is 4.61. The van der Waals surface area contributed by atoms with E-state index in [-0.39, 0.29) is 6.61 Å². The average Bonchev–Trinajstić information content (AvgIpc) is 2.61. The molecule has 2 N–H and O–H groups in total. The van der Waals surface area contributed by atoms with Crippen LogP contribution in [-0.2, 0) is 16.1 Å². The highest BCUT2D eigenvalue weighted by Crippen LogP contribution is 2.13. The molecule has 1 aromatic rings. The maximum Gasteiger partial charge on any atom is 0.409 e. The van der Waals surface area contributed by atoms with Crippen molar-refractivity contribution in [3.63, 3.8) is 0 Å². The summed E-state index contributed by atoms with van der Waals surface area (Å²) in [6.45, 7) is 1.49. The SMILES string of the molecule is CN1C(=O)NC(C)(NC(=O)OCc2ccccc2)C1=O. The molecule has 2 rings (SSSR count). The molecular formula is C13H15N3O4. The fraction of sp³-hybridized carbons (Fsp3) is 0.308. The summed E-state index contributed by atoms with van der Waals surface area (Å²) in [5, 5.41) is 4.74. The van der Waals surface area contributed by atoms with E-state index in [1.165, 1.54) is 14.0 Å². The Labute approximate surface area is 115 Å². The second-order valence-corrected chi connectivity index (χ2v) is 4.61. The van der Waals surface area contributed by atoms with Crippen molar-refractivity contribution in [3.05, 3.63) is 35.9 Å². The number of carbonyl (C=O) groups is 3. The summed E-state index contributed by atoms with van der Waals surface area (Å²) >= 11 is 0. The molecule has 20 heavy (non-hydrogen) atoms. The van der Waals surface area contributed by atoms with Crippen molar-refractivity contribution in [1.82, 2.24) is 15.5 Å². The molecule has 7 heteroatoms. The van der Waals surface area contributed by atoms with E-state index < -0.39 is 23.7 Å². The van der Waals surface area contributed by atoms with Crippen LogP contribution in [0.3, 0.4) is 0 Å². The molecule has 0 saturated carbocycles. The van der Waals surface area contributed by atoms with Gasteiger partial charge >= 0.3 is 12.1 Å². The maximum absolute atomic E-state index is 11.8. The summed E-state index contributed by atoms with van der Waals surface area (Å²) in [7, 11) is 1.33. The molecule has 106 valence electrons. The normalized spacial score (nSPS) is 21.6. The molecule has 1 unspecified atom stereocenters. The molecule has 1 fully saturated rings. The van der Waals surface area contributed by atoms with Crippen LogP contribution in [0.15, 0.2) is 30.3 Å². The summed E-state index contributed by atoms with van der Waals surface area (Å²) in [6.07, 6.45) is -0.777. The number of hydrogen-bond acceptors (Lipinski definition) is 4. The number of nitrogens with one attached hydrogen (secondary N) is 2. The summed E-state index contributed by atoms with van der Waals surface area (Å²) in [6, 6.07) is 8.56. The predicted octanol–water partition coefficient (Wildman–Crippen LogP) is 0.811. The summed E-state index contributed by atoms with van der Waals surface area (Å²) in [5.74, 6) is -0.542. The van der Waals surface area contributed by atoms with Crippen LogP contribution in [0.5, 0.6) is 0 Å². The number of rotatable bonds is 3. The first kappa shape index (κ1) is 13.9. The molecule has 4 amide bonds. The van der Waals surface area contributed by atoms with Crippen molar-refractivity contribution in [1.29, 1.82) is 0 Å². The highest BCUT2D eigenvalue weighted by atomic mass is 16.5. The Kier molecular flexibility index (Phi) is 3.60. The molecule has 1 aliphatic rings. The highest BCUT2D eigenvalue weighted by Gasteiger charge is 2.47. The van der Waals surface area contributed by atoms with Crippen molar-refractivity contribution in [3.8, 4) is 0 Å². The molecule has 0 bridgehead atoms. The van der Waals surface area contributed by atoms with Gasteiger partial charge in [0.05, 0.1) is 0 Å². The lowest BCUT2D eigenvalue weighted by Gasteiger charge is -2.22. The third-order valence-corrected chi connectivity index (χ3v) is 2.96. The third-order valence-electron chi connectivity index (χ3n) is 2.96. The van der Waals surface area contributed by atoms with Crippen LogP contribution in [0.25, 0.3) is 0 Å². The zero-order valence-corrected chi connectivity index (χ0v) is 11.2. The van der Waals surface area contributed by atoms with E-state index in [0.717, 1.165) is 10.5 Å². The van der Waals surface area contributed by atoms with Crippen LogP contribution in [0.1, 0.15) is 12.5 Å². The van der Waals surface area contributed by atoms with Gasteiger partial charge in [0.15, 0.2) is 5.66 Å². The van der Waals surface area contributed by atoms with Gasteiger partial charge in [0.2, 0.25) is 0 Å². The minimum atomic E-state index is -1.47. The molecule has 1 heterocycles. The van der Waals surface area contributed by atoms with E-state index in [9.17, 15) is 14.4 Å². The molecule has 0 radical (unpaired) electrons. The number of urea groups is 1. The van der Waals surface area contributed by atoms with Crippen LogP contribution in [0.4, 0.5) is 9.59 Å². The van der Waals surface area contributed by atoms with Crippen molar-refractivity contribution in [2.75, 3.05) is 7.05 Å². The standard InChI is InChI=1S/C13H15N3O4/c1-13(10(17)16(2)11(18)14-13)15-12(19)20-8-9-6-4-3-5-7-9/h3-7H,8H2,1-2H3,(H,14,18)(H,15,19). The average molecular weight is 277 g/mol. The molecule has 1 aromatic carbocycles. The Morgan fingerprint density at radius 3 is 2.55 bits per heavy atom. The van der Waals surface area contributed by atoms with Gasteiger partial charge in [-0.1, -0.05) is 30.3 Å². The maximum atomic E-state index is 11.8. The second kappa shape index (κ2) is 5.20. The number of amides is 4. The quantitative estimate of drug-likeness (QED) is 0.800. The summed E-state index contributed by atoms with van der Waals surface area (Å²) in [5.41, 5.74) is -0.647. The number of likely N-dealkylation sites (N-methyl/N-ethyl adjacent to an activating group) is 1. The van der Waals surface area contributed by atoms with E-state index in [1.807, 2.05) is 30.3 Å². The fourth-order valence-electron chi connectivity index (χ4n) is 1.83. The van der Waals surface area contributed by atoms with Crippen LogP contribution in [0, 0.1) is 0 Å². The van der Waals surface area contributed by atoms with Crippen molar-refractivity contribution >= 4 is 18.0 Å². The van der Waals surface area contributed by atoms with Gasteiger partial charge in [0.1, 0.15) is 6.61 Å². The minimum Gasteiger partial charge on any atom is -0.445 e. The number of carbonyl (C=O) groups excluding carboxylic acids is 3. The topological polar surface area (TPSA) is 87.7 Å². The zero-order valence-electron chi connectivity index (χ0n) is 11.2. The Balaban J connectivity index is 1.92. The van der Waals surface area contributed by atoms with Crippen molar-refractivity contribution < 1.29 is 19.1 Å². The van der Waals surface area contributed by atoms with E-state index in [2.05, 4.69) is 10.6 Å². The number of hydrogen-bond donors (Lipinski definition) is 2. The Hall–Kier alpha value is -2.57. The number of imide groups is 1. The molecule has 1 atom stereocenters. The van der Waals surface area contributed by atoms with Crippen molar-refractivity contribution in [2.24, 2.45) is 0 Å². The smallest absolute Gasteiger partial charge is 0.409 e. The lowest BCUT2D eigenvalue weighted by molar-refractivity contribution is -0.130. The Morgan fingerprint density at radius 2 is 2.00 bits per heavy atom. The Morgan fingerprint density at radius 1 is 1.35 bits per heavy atom. The highest BCUT2D eigenvalue weighted by molar-refractivity contribution is 6.07. The molecule has 0 aliphatic carbocycles. The van der Waals surface area contributed by atoms with Gasteiger partial charge in [0, 0.05) is 7.05 Å². The van der Waals surface area contributed by atoms with Gasteiger partial charge in [0.25, 0.3) is 5.91 Å². The minimum absolute atomic E-state index is 0.0841. The molecule has 1 aliphatic heterocycles. The van der Waals surface area contributed by atoms with Gasteiger partial charge in [-0.05, 0) is 12.5 Å². The van der Waals surface area contributed by atoms with Crippen LogP contribution in [-0.4, -0.2) is 35.6 Å². The summed E-state index contributed by atoms with van der Waals surface area (Å²) in [4.78, 5) is 35.8. The number of benzene rings is 1. The predicted molar refractivity (Wildman–Crippen MR) is 69.5 cm³/mol. The van der Waals surface area contributed by atoms with Gasteiger partial charge in [-0.25, -0.2) is 9.59 Å². The van der Waals surface area contributed by atoms with Crippen LogP contribution < -0.4 is 10.6 Å². The summed E-state index contributed by atoms with van der Waals surface area (Å²) < 4.78 is 5.00. The lowest BCUT2D eigenvalue weighted by Crippen LogP contribution is -2.58. The third kappa shape index (κ3) is 2.71. The van der Waals surface area contributed by atoms with Gasteiger partial charge in [-0.3, -0.25) is 15.0 Å². The van der Waals surface area contributed by atoms with Gasteiger partial charge < -0.3 is 10.1 Å². The largest absolute Gasteiger partial charge is 0.445 e. The molecular weight excluding hydrogens is 262 g/mol. The van der Waals surface area contributed by atoms with Gasteiger partial charge in [-0.15, -0.1) is 0 Å². The number of alkyl carbamates (subject to hydrolysis) is 1.